The minimum absolute atomic E-state index is 0.131. The van der Waals surface area contributed by atoms with Gasteiger partial charge >= 0.3 is 0 Å². The molecule has 2 unspecified atom stereocenters. The molecule has 0 spiro atoms. The molecular weight excluding hydrogens is 185 g/mol. The number of phenols is 1. The molecule has 0 aliphatic carbocycles. The maximum Gasteiger partial charge on any atom is 0.126 e. The molecule has 1 aromatic rings. The molecule has 0 fully saturated rings. The number of aliphatic hydroxyl groups is 1. The van der Waals surface area contributed by atoms with Crippen LogP contribution in [0.25, 0.3) is 0 Å². The van der Waals surface area contributed by atoms with E-state index in [0.717, 1.165) is 6.07 Å². The lowest BCUT2D eigenvalue weighted by Crippen LogP contribution is -2.25. The van der Waals surface area contributed by atoms with Crippen LogP contribution in [0.3, 0.4) is 0 Å². The van der Waals surface area contributed by atoms with E-state index in [1.165, 1.54) is 13.0 Å². The van der Waals surface area contributed by atoms with Crippen LogP contribution in [0, 0.1) is 12.7 Å². The Bertz CT molecular complexity index is 339. The van der Waals surface area contributed by atoms with Crippen LogP contribution >= 0.6 is 0 Å². The third-order valence-corrected chi connectivity index (χ3v) is 2.22. The van der Waals surface area contributed by atoms with Crippen LogP contribution in [-0.4, -0.2) is 16.3 Å². The van der Waals surface area contributed by atoms with Gasteiger partial charge in [0.15, 0.2) is 0 Å². The van der Waals surface area contributed by atoms with Crippen molar-refractivity contribution in [2.75, 3.05) is 0 Å². The first-order valence-corrected chi connectivity index (χ1v) is 4.36. The molecule has 0 heterocycles. The van der Waals surface area contributed by atoms with Crippen LogP contribution in [0.4, 0.5) is 4.39 Å². The molecule has 0 saturated carbocycles. The summed E-state index contributed by atoms with van der Waals surface area (Å²) in [4.78, 5) is 0. The van der Waals surface area contributed by atoms with E-state index in [-0.39, 0.29) is 16.9 Å². The minimum atomic E-state index is -1.05. The number of aliphatic hydroxyl groups excluding tert-OH is 1. The predicted molar refractivity (Wildman–Crippen MR) is 51.4 cm³/mol. The topological polar surface area (TPSA) is 66.5 Å². The Balaban J connectivity index is 3.25. The molecule has 78 valence electrons. The van der Waals surface area contributed by atoms with E-state index in [4.69, 9.17) is 5.73 Å². The van der Waals surface area contributed by atoms with Gasteiger partial charge in [0, 0.05) is 11.6 Å². The number of benzene rings is 1. The molecule has 0 radical (unpaired) electrons. The summed E-state index contributed by atoms with van der Waals surface area (Å²) in [6.45, 7) is 3.09. The van der Waals surface area contributed by atoms with Gasteiger partial charge in [0.1, 0.15) is 11.6 Å². The molecule has 0 saturated heterocycles. The Morgan fingerprint density at radius 3 is 2.50 bits per heavy atom. The highest BCUT2D eigenvalue weighted by Gasteiger charge is 2.20. The maximum absolute atomic E-state index is 13.1. The lowest BCUT2D eigenvalue weighted by Gasteiger charge is -2.18. The van der Waals surface area contributed by atoms with Crippen molar-refractivity contribution in [2.24, 2.45) is 5.73 Å². The normalized spacial score (nSPS) is 15.2. The van der Waals surface area contributed by atoms with Crippen molar-refractivity contribution in [3.05, 3.63) is 29.1 Å². The standard InChI is InChI=1S/C10H14FNO2/c1-5-7(11)3-4-8(13)9(5)10(14)6(2)12/h3-4,6,10,13-14H,12H2,1-2H3. The number of aromatic hydroxyl groups is 1. The van der Waals surface area contributed by atoms with Crippen LogP contribution in [0.2, 0.25) is 0 Å². The summed E-state index contributed by atoms with van der Waals surface area (Å²) in [6.07, 6.45) is -1.05. The summed E-state index contributed by atoms with van der Waals surface area (Å²) in [5.74, 6) is -0.591. The van der Waals surface area contributed by atoms with Gasteiger partial charge in [-0.3, -0.25) is 0 Å². The SMILES string of the molecule is Cc1c(F)ccc(O)c1C(O)C(C)N. The zero-order chi connectivity index (χ0) is 10.9. The number of halogens is 1. The number of nitrogens with two attached hydrogens (primary N) is 1. The predicted octanol–water partition coefficient (Wildman–Crippen LogP) is 1.22. The van der Waals surface area contributed by atoms with Gasteiger partial charge < -0.3 is 15.9 Å². The van der Waals surface area contributed by atoms with E-state index in [1.54, 1.807) is 6.92 Å². The highest BCUT2D eigenvalue weighted by Crippen LogP contribution is 2.30. The summed E-state index contributed by atoms with van der Waals surface area (Å²) >= 11 is 0. The van der Waals surface area contributed by atoms with E-state index >= 15 is 0 Å². The molecular formula is C10H14FNO2. The van der Waals surface area contributed by atoms with Crippen LogP contribution in [-0.2, 0) is 0 Å². The Kier molecular flexibility index (Phi) is 3.08. The summed E-state index contributed by atoms with van der Waals surface area (Å²) in [7, 11) is 0. The van der Waals surface area contributed by atoms with E-state index in [2.05, 4.69) is 0 Å². The molecule has 2 atom stereocenters. The average molecular weight is 199 g/mol. The third kappa shape index (κ3) is 1.86. The number of hydrogen-bond acceptors (Lipinski definition) is 3. The fourth-order valence-corrected chi connectivity index (χ4v) is 1.32. The molecule has 1 rings (SSSR count). The van der Waals surface area contributed by atoms with Gasteiger partial charge in [-0.1, -0.05) is 0 Å². The van der Waals surface area contributed by atoms with E-state index in [1.807, 2.05) is 0 Å². The number of phenolic OH excluding ortho intramolecular Hbond substituents is 1. The number of hydrogen-bond donors (Lipinski definition) is 3. The lowest BCUT2D eigenvalue weighted by molar-refractivity contribution is 0.148. The van der Waals surface area contributed by atoms with Crippen molar-refractivity contribution in [1.29, 1.82) is 0 Å². The molecule has 0 aromatic heterocycles. The highest BCUT2D eigenvalue weighted by molar-refractivity contribution is 5.41. The van der Waals surface area contributed by atoms with Crippen molar-refractivity contribution in [3.63, 3.8) is 0 Å². The molecule has 0 amide bonds. The molecule has 4 N–H and O–H groups in total. The zero-order valence-electron chi connectivity index (χ0n) is 8.16. The second kappa shape index (κ2) is 3.94. The Hall–Kier alpha value is -1.13. The van der Waals surface area contributed by atoms with E-state index in [0.29, 0.717) is 0 Å². The summed E-state index contributed by atoms with van der Waals surface area (Å²) in [5.41, 5.74) is 5.87. The monoisotopic (exact) mass is 199 g/mol. The first-order valence-electron chi connectivity index (χ1n) is 4.36. The molecule has 0 aliphatic heterocycles. The smallest absolute Gasteiger partial charge is 0.126 e. The molecule has 1 aromatic carbocycles. The van der Waals surface area contributed by atoms with Crippen LogP contribution in [0.5, 0.6) is 5.75 Å². The van der Waals surface area contributed by atoms with Crippen molar-refractivity contribution in [3.8, 4) is 5.75 Å². The van der Waals surface area contributed by atoms with Crippen LogP contribution in [0.1, 0.15) is 24.2 Å². The Morgan fingerprint density at radius 1 is 1.43 bits per heavy atom. The van der Waals surface area contributed by atoms with Gasteiger partial charge in [0.25, 0.3) is 0 Å². The first kappa shape index (κ1) is 10.9. The molecule has 4 heteroatoms. The van der Waals surface area contributed by atoms with Gasteiger partial charge in [-0.25, -0.2) is 4.39 Å². The van der Waals surface area contributed by atoms with Crippen LogP contribution in [0.15, 0.2) is 12.1 Å². The Labute approximate surface area is 82.0 Å². The van der Waals surface area contributed by atoms with Gasteiger partial charge in [-0.2, -0.15) is 0 Å². The second-order valence-corrected chi connectivity index (χ2v) is 3.41. The minimum Gasteiger partial charge on any atom is -0.508 e. The highest BCUT2D eigenvalue weighted by atomic mass is 19.1. The van der Waals surface area contributed by atoms with Gasteiger partial charge in [0.05, 0.1) is 6.10 Å². The summed E-state index contributed by atoms with van der Waals surface area (Å²) in [5, 5.41) is 19.1. The van der Waals surface area contributed by atoms with Crippen LogP contribution < -0.4 is 5.73 Å². The van der Waals surface area contributed by atoms with Crippen molar-refractivity contribution >= 4 is 0 Å². The van der Waals surface area contributed by atoms with E-state index in [9.17, 15) is 14.6 Å². The summed E-state index contributed by atoms with van der Waals surface area (Å²) < 4.78 is 13.1. The molecule has 3 nitrogen and oxygen atoms in total. The van der Waals surface area contributed by atoms with E-state index < -0.39 is 18.0 Å². The molecule has 0 aliphatic rings. The fraction of sp³-hybridized carbons (Fsp3) is 0.400. The third-order valence-electron chi connectivity index (χ3n) is 2.22. The quantitative estimate of drug-likeness (QED) is 0.671. The zero-order valence-corrected chi connectivity index (χ0v) is 8.16. The largest absolute Gasteiger partial charge is 0.508 e. The molecule has 14 heavy (non-hydrogen) atoms. The summed E-state index contributed by atoms with van der Waals surface area (Å²) in [6, 6.07) is 1.81. The van der Waals surface area contributed by atoms with Crippen molar-refractivity contribution < 1.29 is 14.6 Å². The fourth-order valence-electron chi connectivity index (χ4n) is 1.32. The maximum atomic E-state index is 13.1. The van der Waals surface area contributed by atoms with Gasteiger partial charge in [-0.15, -0.1) is 0 Å². The Morgan fingerprint density at radius 2 is 2.00 bits per heavy atom. The second-order valence-electron chi connectivity index (χ2n) is 3.41. The number of rotatable bonds is 2. The average Bonchev–Trinajstić information content (AvgIpc) is 2.12. The lowest BCUT2D eigenvalue weighted by atomic mass is 9.98. The van der Waals surface area contributed by atoms with Gasteiger partial charge in [0.2, 0.25) is 0 Å². The van der Waals surface area contributed by atoms with Gasteiger partial charge in [-0.05, 0) is 31.5 Å². The first-order chi connectivity index (χ1) is 6.45. The van der Waals surface area contributed by atoms with Crippen molar-refractivity contribution in [1.82, 2.24) is 0 Å². The molecule has 0 bridgehead atoms. The van der Waals surface area contributed by atoms with Crippen molar-refractivity contribution in [2.45, 2.75) is 26.0 Å².